The average molecular weight is 349 g/mol. The van der Waals surface area contributed by atoms with E-state index in [0.717, 1.165) is 12.0 Å². The van der Waals surface area contributed by atoms with Crippen molar-refractivity contribution < 1.29 is 9.31 Å². The first-order chi connectivity index (χ1) is 12.2. The third kappa shape index (κ3) is 2.67. The highest BCUT2D eigenvalue weighted by atomic mass is 16.7. The van der Waals surface area contributed by atoms with Crippen LogP contribution in [-0.2, 0) is 15.9 Å². The molecule has 2 aromatic carbocycles. The second-order valence-corrected chi connectivity index (χ2v) is 8.89. The van der Waals surface area contributed by atoms with Crippen molar-refractivity contribution in [2.45, 2.75) is 59.3 Å². The zero-order valence-corrected chi connectivity index (χ0v) is 16.7. The Morgan fingerprint density at radius 1 is 0.885 bits per heavy atom. The van der Waals surface area contributed by atoms with Gasteiger partial charge in [-0.25, -0.2) is 0 Å². The highest BCUT2D eigenvalue weighted by Gasteiger charge is 2.51. The van der Waals surface area contributed by atoms with Gasteiger partial charge in [0.15, 0.2) is 0 Å². The summed E-state index contributed by atoms with van der Waals surface area (Å²) in [5.41, 5.74) is 2.99. The van der Waals surface area contributed by atoms with Crippen LogP contribution in [-0.4, -0.2) is 22.9 Å². The molecule has 1 aliphatic heterocycles. The van der Waals surface area contributed by atoms with Crippen molar-refractivity contribution in [2.75, 3.05) is 0 Å². The zero-order chi connectivity index (χ0) is 18.7. The Morgan fingerprint density at radius 2 is 1.50 bits per heavy atom. The van der Waals surface area contributed by atoms with E-state index in [-0.39, 0.29) is 18.3 Å². The van der Waals surface area contributed by atoms with Crippen LogP contribution in [0.25, 0.3) is 21.8 Å². The minimum absolute atomic E-state index is 0.322. The summed E-state index contributed by atoms with van der Waals surface area (Å²) in [5.74, 6) is 0.578. The van der Waals surface area contributed by atoms with Gasteiger partial charge in [-0.2, -0.15) is 0 Å². The van der Waals surface area contributed by atoms with Gasteiger partial charge in [-0.05, 0) is 51.2 Å². The minimum atomic E-state index is -0.324. The maximum Gasteiger partial charge on any atom is 0.494 e. The summed E-state index contributed by atoms with van der Waals surface area (Å²) in [4.78, 5) is 0. The first-order valence-corrected chi connectivity index (χ1v) is 9.56. The fourth-order valence-corrected chi connectivity index (χ4v) is 3.75. The summed E-state index contributed by atoms with van der Waals surface area (Å²) >= 11 is 0. The van der Waals surface area contributed by atoms with E-state index < -0.39 is 0 Å². The van der Waals surface area contributed by atoms with Crippen molar-refractivity contribution >= 4 is 34.4 Å². The number of aromatic nitrogens is 1. The monoisotopic (exact) mass is 349 g/mol. The van der Waals surface area contributed by atoms with Crippen LogP contribution < -0.4 is 5.46 Å². The van der Waals surface area contributed by atoms with E-state index in [4.69, 9.17) is 9.31 Å². The maximum absolute atomic E-state index is 6.26. The Kier molecular flexibility index (Phi) is 3.98. The van der Waals surface area contributed by atoms with Crippen LogP contribution >= 0.6 is 0 Å². The summed E-state index contributed by atoms with van der Waals surface area (Å²) in [6.07, 6.45) is 0. The Balaban J connectivity index is 1.86. The van der Waals surface area contributed by atoms with Crippen LogP contribution in [0, 0.1) is 5.92 Å². The highest BCUT2D eigenvalue weighted by molar-refractivity contribution is 6.62. The van der Waals surface area contributed by atoms with Crippen LogP contribution in [0.5, 0.6) is 0 Å². The fraction of sp³-hybridized carbons (Fsp3) is 0.455. The molecule has 0 atom stereocenters. The molecular formula is C22H28BNO2. The van der Waals surface area contributed by atoms with Gasteiger partial charge in [0.2, 0.25) is 0 Å². The third-order valence-corrected chi connectivity index (χ3v) is 5.87. The van der Waals surface area contributed by atoms with Gasteiger partial charge in [0, 0.05) is 28.4 Å². The number of rotatable bonds is 3. The van der Waals surface area contributed by atoms with E-state index in [2.05, 4.69) is 88.6 Å². The normalized spacial score (nSPS) is 19.1. The van der Waals surface area contributed by atoms with Crippen LogP contribution in [0.15, 0.2) is 42.5 Å². The molecule has 0 spiro atoms. The number of benzene rings is 2. The second kappa shape index (κ2) is 5.87. The fourth-order valence-electron chi connectivity index (χ4n) is 3.75. The summed E-state index contributed by atoms with van der Waals surface area (Å²) < 4.78 is 15.0. The Bertz CT molecular complexity index is 955. The first kappa shape index (κ1) is 17.6. The summed E-state index contributed by atoms with van der Waals surface area (Å²) in [5, 5.41) is 2.60. The quantitative estimate of drug-likeness (QED) is 0.637. The molecule has 1 aliphatic rings. The molecule has 3 nitrogen and oxygen atoms in total. The molecule has 2 heterocycles. The van der Waals surface area contributed by atoms with Crippen molar-refractivity contribution in [3.05, 3.63) is 42.5 Å². The minimum Gasteiger partial charge on any atom is -0.399 e. The molecule has 1 saturated heterocycles. The van der Waals surface area contributed by atoms with Gasteiger partial charge < -0.3 is 13.9 Å². The zero-order valence-electron chi connectivity index (χ0n) is 16.7. The van der Waals surface area contributed by atoms with Crippen molar-refractivity contribution in [3.63, 3.8) is 0 Å². The molecule has 3 aromatic rings. The lowest BCUT2D eigenvalue weighted by Crippen LogP contribution is -2.41. The van der Waals surface area contributed by atoms with Gasteiger partial charge >= 0.3 is 7.12 Å². The van der Waals surface area contributed by atoms with E-state index in [0.29, 0.717) is 5.92 Å². The van der Waals surface area contributed by atoms with Crippen LogP contribution in [0.4, 0.5) is 0 Å². The van der Waals surface area contributed by atoms with E-state index >= 15 is 0 Å². The Labute approximate surface area is 156 Å². The largest absolute Gasteiger partial charge is 0.494 e. The van der Waals surface area contributed by atoms with Crippen molar-refractivity contribution in [1.29, 1.82) is 0 Å². The van der Waals surface area contributed by atoms with Gasteiger partial charge in [-0.15, -0.1) is 0 Å². The van der Waals surface area contributed by atoms with Crippen LogP contribution in [0.2, 0.25) is 0 Å². The Hall–Kier alpha value is -1.78. The SMILES string of the molecule is CC(C)Cn1c2ccccc2c2ccc(B3OC(C)(C)C(C)(C)O3)cc21. The molecule has 136 valence electrons. The predicted molar refractivity (Wildman–Crippen MR) is 110 cm³/mol. The van der Waals surface area contributed by atoms with Gasteiger partial charge in [0.25, 0.3) is 0 Å². The summed E-state index contributed by atoms with van der Waals surface area (Å²) in [6.45, 7) is 13.9. The van der Waals surface area contributed by atoms with Gasteiger partial charge in [-0.1, -0.05) is 44.2 Å². The lowest BCUT2D eigenvalue weighted by molar-refractivity contribution is 0.00578. The van der Waals surface area contributed by atoms with E-state index in [1.54, 1.807) is 0 Å². The van der Waals surface area contributed by atoms with Crippen molar-refractivity contribution in [1.82, 2.24) is 4.57 Å². The standard InChI is InChI=1S/C22H28BNO2/c1-15(2)14-24-19-10-8-7-9-17(19)18-12-11-16(13-20(18)24)23-25-21(3,4)22(5,6)26-23/h7-13,15H,14H2,1-6H3. The molecule has 0 N–H and O–H groups in total. The molecular weight excluding hydrogens is 321 g/mol. The van der Waals surface area contributed by atoms with Crippen LogP contribution in [0.1, 0.15) is 41.5 Å². The molecule has 1 aromatic heterocycles. The number of fused-ring (bicyclic) bond motifs is 3. The average Bonchev–Trinajstić information content (AvgIpc) is 2.98. The molecule has 0 amide bonds. The summed E-state index contributed by atoms with van der Waals surface area (Å²) in [6, 6.07) is 15.3. The molecule has 4 rings (SSSR count). The third-order valence-electron chi connectivity index (χ3n) is 5.87. The highest BCUT2D eigenvalue weighted by Crippen LogP contribution is 2.37. The van der Waals surface area contributed by atoms with E-state index in [9.17, 15) is 0 Å². The second-order valence-electron chi connectivity index (χ2n) is 8.89. The summed E-state index contributed by atoms with van der Waals surface area (Å²) in [7, 11) is -0.324. The number of hydrogen-bond donors (Lipinski definition) is 0. The number of hydrogen-bond acceptors (Lipinski definition) is 2. The predicted octanol–water partition coefficient (Wildman–Crippen LogP) is 4.75. The molecule has 0 bridgehead atoms. The molecule has 1 fully saturated rings. The van der Waals surface area contributed by atoms with Crippen LogP contribution in [0.3, 0.4) is 0 Å². The smallest absolute Gasteiger partial charge is 0.399 e. The van der Waals surface area contributed by atoms with Gasteiger partial charge in [0.05, 0.1) is 11.2 Å². The number of nitrogens with zero attached hydrogens (tertiary/aromatic N) is 1. The van der Waals surface area contributed by atoms with E-state index in [1.807, 2.05) is 0 Å². The Morgan fingerprint density at radius 3 is 2.15 bits per heavy atom. The topological polar surface area (TPSA) is 23.4 Å². The molecule has 0 saturated carbocycles. The molecule has 0 aliphatic carbocycles. The first-order valence-electron chi connectivity index (χ1n) is 9.56. The molecule has 0 radical (unpaired) electrons. The van der Waals surface area contributed by atoms with Crippen molar-refractivity contribution in [2.24, 2.45) is 5.92 Å². The lowest BCUT2D eigenvalue weighted by atomic mass is 9.79. The van der Waals surface area contributed by atoms with Gasteiger partial charge in [0.1, 0.15) is 0 Å². The number of para-hydroxylation sites is 1. The van der Waals surface area contributed by atoms with Gasteiger partial charge in [-0.3, -0.25) is 0 Å². The molecule has 0 unspecified atom stereocenters. The molecule has 4 heteroatoms. The van der Waals surface area contributed by atoms with E-state index in [1.165, 1.54) is 21.8 Å². The maximum atomic E-state index is 6.26. The lowest BCUT2D eigenvalue weighted by Gasteiger charge is -2.32. The van der Waals surface area contributed by atoms with Crippen molar-refractivity contribution in [3.8, 4) is 0 Å². The molecule has 26 heavy (non-hydrogen) atoms.